The number of hydrogen-bond acceptors (Lipinski definition) is 2. The van der Waals surface area contributed by atoms with Crippen LogP contribution in [0.5, 0.6) is 5.75 Å². The maximum Gasteiger partial charge on any atom is 0.328 e. The van der Waals surface area contributed by atoms with E-state index >= 15 is 0 Å². The van der Waals surface area contributed by atoms with Crippen LogP contribution in [0, 0.1) is 6.92 Å². The Hall–Kier alpha value is -1.77. The third-order valence-electron chi connectivity index (χ3n) is 1.85. The van der Waals surface area contributed by atoms with Crippen molar-refractivity contribution in [3.8, 4) is 5.75 Å². The summed E-state index contributed by atoms with van der Waals surface area (Å²) in [5.41, 5.74) is 1.84. The Morgan fingerprint density at radius 2 is 2.21 bits per heavy atom. The van der Waals surface area contributed by atoms with E-state index in [1.54, 1.807) is 13.2 Å². The minimum Gasteiger partial charge on any atom is -0.496 e. The van der Waals surface area contributed by atoms with Crippen molar-refractivity contribution in [1.29, 1.82) is 0 Å². The number of aryl methyl sites for hydroxylation is 1. The van der Waals surface area contributed by atoms with Crippen LogP contribution in [-0.4, -0.2) is 18.2 Å². The second kappa shape index (κ2) is 4.46. The van der Waals surface area contributed by atoms with Crippen molar-refractivity contribution in [2.45, 2.75) is 6.92 Å². The van der Waals surface area contributed by atoms with Crippen LogP contribution in [0.1, 0.15) is 11.1 Å². The van der Waals surface area contributed by atoms with E-state index in [-0.39, 0.29) is 0 Å². The Morgan fingerprint density at radius 3 is 2.79 bits per heavy atom. The van der Waals surface area contributed by atoms with Gasteiger partial charge >= 0.3 is 5.97 Å². The highest BCUT2D eigenvalue weighted by atomic mass is 16.5. The summed E-state index contributed by atoms with van der Waals surface area (Å²) in [5, 5.41) is 8.44. The molecule has 0 aromatic heterocycles. The number of benzene rings is 1. The normalized spacial score (nSPS) is 10.4. The highest BCUT2D eigenvalue weighted by Gasteiger charge is 1.97. The van der Waals surface area contributed by atoms with Gasteiger partial charge in [-0.1, -0.05) is 12.1 Å². The molecule has 0 fully saturated rings. The molecular formula is C11H12O3. The van der Waals surface area contributed by atoms with E-state index in [0.717, 1.165) is 23.0 Å². The molecule has 1 rings (SSSR count). The molecule has 0 aliphatic carbocycles. The van der Waals surface area contributed by atoms with E-state index < -0.39 is 5.97 Å². The number of methoxy groups -OCH3 is 1. The van der Waals surface area contributed by atoms with Gasteiger partial charge in [-0.2, -0.15) is 0 Å². The lowest BCUT2D eigenvalue weighted by atomic mass is 10.1. The fourth-order valence-corrected chi connectivity index (χ4v) is 1.11. The Bertz CT molecular complexity index is 367. The number of carboxylic acid groups (broad SMARTS) is 1. The van der Waals surface area contributed by atoms with Crippen LogP contribution in [0.4, 0.5) is 0 Å². The molecule has 0 radical (unpaired) electrons. The summed E-state index contributed by atoms with van der Waals surface area (Å²) in [5.74, 6) is -0.193. The predicted octanol–water partition coefficient (Wildman–Crippen LogP) is 2.10. The zero-order valence-electron chi connectivity index (χ0n) is 8.15. The Morgan fingerprint density at radius 1 is 1.50 bits per heavy atom. The molecule has 1 aromatic carbocycles. The van der Waals surface area contributed by atoms with E-state index in [1.807, 2.05) is 19.1 Å². The molecule has 0 saturated heterocycles. The largest absolute Gasteiger partial charge is 0.496 e. The molecule has 0 heterocycles. The summed E-state index contributed by atoms with van der Waals surface area (Å²) in [6.07, 6.45) is 2.63. The SMILES string of the molecule is COc1cc(/C=C/C(=O)O)ccc1C. The van der Waals surface area contributed by atoms with Gasteiger partial charge in [0.05, 0.1) is 7.11 Å². The van der Waals surface area contributed by atoms with Gasteiger partial charge in [0.25, 0.3) is 0 Å². The minimum atomic E-state index is -0.954. The van der Waals surface area contributed by atoms with Gasteiger partial charge < -0.3 is 9.84 Å². The van der Waals surface area contributed by atoms with Gasteiger partial charge in [-0.15, -0.1) is 0 Å². The average Bonchev–Trinajstić information content (AvgIpc) is 2.16. The first kappa shape index (κ1) is 10.3. The smallest absolute Gasteiger partial charge is 0.328 e. The van der Waals surface area contributed by atoms with Crippen molar-refractivity contribution >= 4 is 12.0 Å². The summed E-state index contributed by atoms with van der Waals surface area (Å²) in [7, 11) is 1.59. The molecule has 0 saturated carbocycles. The third-order valence-corrected chi connectivity index (χ3v) is 1.85. The Labute approximate surface area is 82.6 Å². The third kappa shape index (κ3) is 2.62. The lowest BCUT2D eigenvalue weighted by Crippen LogP contribution is -1.88. The predicted molar refractivity (Wildman–Crippen MR) is 54.4 cm³/mol. The topological polar surface area (TPSA) is 46.5 Å². The molecule has 0 amide bonds. The van der Waals surface area contributed by atoms with Crippen LogP contribution in [-0.2, 0) is 4.79 Å². The summed E-state index contributed by atoms with van der Waals surface area (Å²) >= 11 is 0. The number of ether oxygens (including phenoxy) is 1. The van der Waals surface area contributed by atoms with Crippen molar-refractivity contribution in [1.82, 2.24) is 0 Å². The molecular weight excluding hydrogens is 180 g/mol. The van der Waals surface area contributed by atoms with Gasteiger partial charge in [0.1, 0.15) is 5.75 Å². The van der Waals surface area contributed by atoms with E-state index in [4.69, 9.17) is 9.84 Å². The first-order valence-electron chi connectivity index (χ1n) is 4.19. The summed E-state index contributed by atoms with van der Waals surface area (Å²) < 4.78 is 5.11. The Kier molecular flexibility index (Phi) is 3.29. The zero-order valence-corrected chi connectivity index (χ0v) is 8.15. The number of hydrogen-bond donors (Lipinski definition) is 1. The van der Waals surface area contributed by atoms with Gasteiger partial charge in [0.2, 0.25) is 0 Å². The van der Waals surface area contributed by atoms with Crippen LogP contribution in [0.15, 0.2) is 24.3 Å². The van der Waals surface area contributed by atoms with E-state index in [0.29, 0.717) is 0 Å². The highest BCUT2D eigenvalue weighted by Crippen LogP contribution is 2.19. The van der Waals surface area contributed by atoms with E-state index in [1.165, 1.54) is 6.08 Å². The number of carbonyl (C=O) groups is 1. The average molecular weight is 192 g/mol. The molecule has 1 N–H and O–H groups in total. The quantitative estimate of drug-likeness (QED) is 0.746. The second-order valence-corrected chi connectivity index (χ2v) is 2.90. The summed E-state index contributed by atoms with van der Waals surface area (Å²) in [6.45, 7) is 1.93. The monoisotopic (exact) mass is 192 g/mol. The Balaban J connectivity index is 2.95. The molecule has 0 spiro atoms. The van der Waals surface area contributed by atoms with E-state index in [9.17, 15) is 4.79 Å². The maximum atomic E-state index is 10.3. The molecule has 0 aliphatic heterocycles. The van der Waals surface area contributed by atoms with E-state index in [2.05, 4.69) is 0 Å². The first-order chi connectivity index (χ1) is 6.63. The second-order valence-electron chi connectivity index (χ2n) is 2.90. The highest BCUT2D eigenvalue weighted by molar-refractivity contribution is 5.85. The summed E-state index contributed by atoms with van der Waals surface area (Å²) in [6, 6.07) is 5.53. The van der Waals surface area contributed by atoms with Crippen LogP contribution in [0.3, 0.4) is 0 Å². The van der Waals surface area contributed by atoms with Gasteiger partial charge in [0.15, 0.2) is 0 Å². The van der Waals surface area contributed by atoms with Gasteiger partial charge in [-0.25, -0.2) is 4.79 Å². The van der Waals surface area contributed by atoms with Crippen molar-refractivity contribution in [2.75, 3.05) is 7.11 Å². The van der Waals surface area contributed by atoms with Crippen LogP contribution in [0.2, 0.25) is 0 Å². The fraction of sp³-hybridized carbons (Fsp3) is 0.182. The van der Waals surface area contributed by atoms with Crippen LogP contribution >= 0.6 is 0 Å². The van der Waals surface area contributed by atoms with Crippen LogP contribution in [0.25, 0.3) is 6.08 Å². The van der Waals surface area contributed by atoms with Crippen molar-refractivity contribution in [3.05, 3.63) is 35.4 Å². The maximum absolute atomic E-state index is 10.3. The van der Waals surface area contributed by atoms with Crippen molar-refractivity contribution in [3.63, 3.8) is 0 Å². The van der Waals surface area contributed by atoms with Crippen LogP contribution < -0.4 is 4.74 Å². The lowest BCUT2D eigenvalue weighted by molar-refractivity contribution is -0.131. The lowest BCUT2D eigenvalue weighted by Gasteiger charge is -2.04. The number of carboxylic acids is 1. The first-order valence-corrected chi connectivity index (χ1v) is 4.19. The van der Waals surface area contributed by atoms with Crippen molar-refractivity contribution in [2.24, 2.45) is 0 Å². The molecule has 0 aliphatic rings. The molecule has 74 valence electrons. The molecule has 0 atom stereocenters. The molecule has 1 aromatic rings. The molecule has 3 heteroatoms. The number of aliphatic carboxylic acids is 1. The fourth-order valence-electron chi connectivity index (χ4n) is 1.11. The molecule has 3 nitrogen and oxygen atoms in total. The summed E-state index contributed by atoms with van der Waals surface area (Å²) in [4.78, 5) is 10.3. The number of rotatable bonds is 3. The minimum absolute atomic E-state index is 0.762. The standard InChI is InChI=1S/C11H12O3/c1-8-3-4-9(5-6-11(12)13)7-10(8)14-2/h3-7H,1-2H3,(H,12,13)/b6-5+. The van der Waals surface area contributed by atoms with Crippen molar-refractivity contribution < 1.29 is 14.6 Å². The van der Waals surface area contributed by atoms with Gasteiger partial charge in [-0.3, -0.25) is 0 Å². The zero-order chi connectivity index (χ0) is 10.6. The van der Waals surface area contributed by atoms with Gasteiger partial charge in [0, 0.05) is 6.08 Å². The molecule has 14 heavy (non-hydrogen) atoms. The molecule has 0 unspecified atom stereocenters. The molecule has 0 bridgehead atoms. The van der Waals surface area contributed by atoms with Gasteiger partial charge in [-0.05, 0) is 30.2 Å².